The van der Waals surface area contributed by atoms with E-state index in [0.717, 1.165) is 5.69 Å². The van der Waals surface area contributed by atoms with Crippen LogP contribution in [-0.2, 0) is 0 Å². The number of rotatable bonds is 4. The van der Waals surface area contributed by atoms with Gasteiger partial charge in [0.05, 0.1) is 5.02 Å². The molecule has 2 aromatic carbocycles. The Morgan fingerprint density at radius 3 is 2.64 bits per heavy atom. The fourth-order valence-corrected chi connectivity index (χ4v) is 2.63. The molecule has 1 atom stereocenters. The lowest BCUT2D eigenvalue weighted by atomic mass is 10.2. The number of anilines is 1. The van der Waals surface area contributed by atoms with Crippen molar-refractivity contribution in [3.8, 4) is 5.75 Å². The molecule has 0 saturated heterocycles. The number of hydrogen-bond donors (Lipinski definition) is 0. The zero-order valence-corrected chi connectivity index (χ0v) is 13.5. The van der Waals surface area contributed by atoms with Crippen LogP contribution in [0.1, 0.15) is 5.56 Å². The minimum Gasteiger partial charge on any atom is -0.488 e. The number of hydrogen-bond acceptors (Lipinski definition) is 3. The fraction of sp³-hybridized carbons (Fsp3) is 0.188. The zero-order valence-electron chi connectivity index (χ0n) is 11.9. The molecule has 0 N–H and O–H groups in total. The van der Waals surface area contributed by atoms with Crippen molar-refractivity contribution in [1.29, 1.82) is 0 Å². The molecule has 112 valence electrons. The summed E-state index contributed by atoms with van der Waals surface area (Å²) in [5.74, 6) is 0.626. The summed E-state index contributed by atoms with van der Waals surface area (Å²) < 4.78 is 5.76. The minimum absolute atomic E-state index is 0.286. The SMILES string of the molecule is Cc1ccc(N2C(=S)N=NC2COc2ccccc2Cl)cc1. The Kier molecular flexibility index (Phi) is 4.36. The summed E-state index contributed by atoms with van der Waals surface area (Å²) in [7, 11) is 0. The van der Waals surface area contributed by atoms with Gasteiger partial charge in [-0.1, -0.05) is 41.4 Å². The van der Waals surface area contributed by atoms with Gasteiger partial charge in [0, 0.05) is 5.69 Å². The van der Waals surface area contributed by atoms with Gasteiger partial charge in [0.1, 0.15) is 12.4 Å². The van der Waals surface area contributed by atoms with Crippen LogP contribution in [-0.4, -0.2) is 17.9 Å². The van der Waals surface area contributed by atoms with E-state index in [0.29, 0.717) is 22.5 Å². The van der Waals surface area contributed by atoms with E-state index in [1.165, 1.54) is 5.56 Å². The van der Waals surface area contributed by atoms with Crippen LogP contribution < -0.4 is 9.64 Å². The van der Waals surface area contributed by atoms with Gasteiger partial charge in [-0.2, -0.15) is 5.11 Å². The second kappa shape index (κ2) is 6.42. The standard InChI is InChI=1S/C16H14ClN3OS/c1-11-6-8-12(9-7-11)20-15(18-19-16(20)22)10-21-14-5-3-2-4-13(14)17/h2-9,15H,10H2,1H3. The zero-order chi connectivity index (χ0) is 15.5. The molecule has 0 aliphatic carbocycles. The van der Waals surface area contributed by atoms with Gasteiger partial charge in [0.2, 0.25) is 5.11 Å². The molecule has 0 fully saturated rings. The first-order chi connectivity index (χ1) is 10.6. The summed E-state index contributed by atoms with van der Waals surface area (Å²) >= 11 is 11.4. The molecule has 2 aromatic rings. The van der Waals surface area contributed by atoms with Gasteiger partial charge in [0.25, 0.3) is 0 Å². The normalized spacial score (nSPS) is 17.1. The molecule has 0 spiro atoms. The molecule has 0 aromatic heterocycles. The highest BCUT2D eigenvalue weighted by Crippen LogP contribution is 2.27. The Morgan fingerprint density at radius 2 is 1.91 bits per heavy atom. The lowest BCUT2D eigenvalue weighted by Crippen LogP contribution is -2.37. The number of benzene rings is 2. The Morgan fingerprint density at radius 1 is 1.18 bits per heavy atom. The Bertz CT molecular complexity index is 718. The van der Waals surface area contributed by atoms with Crippen molar-refractivity contribution >= 4 is 34.6 Å². The molecule has 6 heteroatoms. The van der Waals surface area contributed by atoms with E-state index in [9.17, 15) is 0 Å². The van der Waals surface area contributed by atoms with E-state index in [1.807, 2.05) is 54.3 Å². The van der Waals surface area contributed by atoms with Crippen LogP contribution in [0.15, 0.2) is 58.8 Å². The van der Waals surface area contributed by atoms with Gasteiger partial charge < -0.3 is 4.74 Å². The molecule has 0 bridgehead atoms. The first-order valence-electron chi connectivity index (χ1n) is 6.83. The number of aryl methyl sites for hydroxylation is 1. The van der Waals surface area contributed by atoms with Gasteiger partial charge in [-0.15, -0.1) is 5.11 Å². The third kappa shape index (κ3) is 3.10. The van der Waals surface area contributed by atoms with Gasteiger partial charge >= 0.3 is 0 Å². The summed E-state index contributed by atoms with van der Waals surface area (Å²) in [4.78, 5) is 1.88. The van der Waals surface area contributed by atoms with Crippen molar-refractivity contribution in [2.45, 2.75) is 13.1 Å². The van der Waals surface area contributed by atoms with Gasteiger partial charge in [-0.05, 0) is 43.4 Å². The van der Waals surface area contributed by atoms with Crippen molar-refractivity contribution in [3.05, 3.63) is 59.1 Å². The highest BCUT2D eigenvalue weighted by molar-refractivity contribution is 7.80. The number of ether oxygens (including phenoxy) is 1. The number of halogens is 1. The topological polar surface area (TPSA) is 37.2 Å². The first kappa shape index (κ1) is 14.9. The highest BCUT2D eigenvalue weighted by atomic mass is 35.5. The summed E-state index contributed by atoms with van der Waals surface area (Å²) in [6, 6.07) is 15.4. The average molecular weight is 332 g/mol. The lowest BCUT2D eigenvalue weighted by molar-refractivity contribution is 0.293. The van der Waals surface area contributed by atoms with Crippen LogP contribution in [0.3, 0.4) is 0 Å². The number of para-hydroxylation sites is 1. The molecule has 3 rings (SSSR count). The molecular formula is C16H14ClN3OS. The Hall–Kier alpha value is -1.98. The van der Waals surface area contributed by atoms with E-state index in [-0.39, 0.29) is 6.17 Å². The van der Waals surface area contributed by atoms with E-state index < -0.39 is 0 Å². The quantitative estimate of drug-likeness (QED) is 0.768. The number of azo groups is 1. The maximum Gasteiger partial charge on any atom is 0.222 e. The number of thiocarbonyl (C=S) groups is 1. The molecule has 0 amide bonds. The maximum atomic E-state index is 6.09. The highest BCUT2D eigenvalue weighted by Gasteiger charge is 2.28. The van der Waals surface area contributed by atoms with Crippen LogP contribution in [0.4, 0.5) is 5.69 Å². The summed E-state index contributed by atoms with van der Waals surface area (Å²) in [6.45, 7) is 2.36. The summed E-state index contributed by atoms with van der Waals surface area (Å²) in [5, 5.41) is 9.20. The van der Waals surface area contributed by atoms with Crippen LogP contribution in [0.2, 0.25) is 5.02 Å². The fourth-order valence-electron chi connectivity index (χ4n) is 2.17. The molecule has 22 heavy (non-hydrogen) atoms. The van der Waals surface area contributed by atoms with Crippen molar-refractivity contribution < 1.29 is 4.74 Å². The van der Waals surface area contributed by atoms with E-state index >= 15 is 0 Å². The monoisotopic (exact) mass is 331 g/mol. The summed E-state index contributed by atoms with van der Waals surface area (Å²) in [5.41, 5.74) is 2.14. The van der Waals surface area contributed by atoms with Crippen LogP contribution in [0, 0.1) is 6.92 Å². The van der Waals surface area contributed by atoms with E-state index in [4.69, 9.17) is 28.6 Å². The Labute approximate surface area is 139 Å². The molecule has 1 aliphatic heterocycles. The second-order valence-electron chi connectivity index (χ2n) is 4.93. The van der Waals surface area contributed by atoms with Crippen molar-refractivity contribution in [3.63, 3.8) is 0 Å². The third-order valence-electron chi connectivity index (χ3n) is 3.32. The van der Waals surface area contributed by atoms with Crippen molar-refractivity contribution in [1.82, 2.24) is 0 Å². The van der Waals surface area contributed by atoms with Gasteiger partial charge in [-0.25, -0.2) is 0 Å². The molecule has 0 radical (unpaired) electrons. The molecular weight excluding hydrogens is 318 g/mol. The molecule has 0 saturated carbocycles. The molecule has 1 aliphatic rings. The van der Waals surface area contributed by atoms with Crippen LogP contribution >= 0.6 is 23.8 Å². The number of nitrogens with zero attached hydrogens (tertiary/aromatic N) is 3. The van der Waals surface area contributed by atoms with Crippen LogP contribution in [0.5, 0.6) is 5.75 Å². The van der Waals surface area contributed by atoms with Gasteiger partial charge in [0.15, 0.2) is 6.17 Å². The minimum atomic E-state index is -0.286. The van der Waals surface area contributed by atoms with E-state index in [1.54, 1.807) is 6.07 Å². The predicted molar refractivity (Wildman–Crippen MR) is 91.8 cm³/mol. The second-order valence-corrected chi connectivity index (χ2v) is 5.70. The van der Waals surface area contributed by atoms with E-state index in [2.05, 4.69) is 10.2 Å². The van der Waals surface area contributed by atoms with Crippen molar-refractivity contribution in [2.24, 2.45) is 10.2 Å². The molecule has 1 unspecified atom stereocenters. The smallest absolute Gasteiger partial charge is 0.222 e. The molecule has 4 nitrogen and oxygen atoms in total. The van der Waals surface area contributed by atoms with Crippen molar-refractivity contribution in [2.75, 3.05) is 11.5 Å². The largest absolute Gasteiger partial charge is 0.488 e. The molecule has 1 heterocycles. The Balaban J connectivity index is 1.75. The van der Waals surface area contributed by atoms with Crippen LogP contribution in [0.25, 0.3) is 0 Å². The van der Waals surface area contributed by atoms with Gasteiger partial charge in [-0.3, -0.25) is 4.90 Å². The average Bonchev–Trinajstić information content (AvgIpc) is 2.88. The predicted octanol–water partition coefficient (Wildman–Crippen LogP) is 4.61. The lowest BCUT2D eigenvalue weighted by Gasteiger charge is -2.23. The first-order valence-corrected chi connectivity index (χ1v) is 7.62. The maximum absolute atomic E-state index is 6.09. The third-order valence-corrected chi connectivity index (χ3v) is 3.91. The summed E-state index contributed by atoms with van der Waals surface area (Å²) in [6.07, 6.45) is -0.286.